The Bertz CT molecular complexity index is 3690. The van der Waals surface area contributed by atoms with Gasteiger partial charge in [0.25, 0.3) is 5.56 Å². The van der Waals surface area contributed by atoms with Crippen LogP contribution >= 0.6 is 0 Å². The summed E-state index contributed by atoms with van der Waals surface area (Å²) >= 11 is 0. The molecule has 0 bridgehead atoms. The molecule has 2 aromatic heterocycles. The van der Waals surface area contributed by atoms with E-state index >= 15 is 4.79 Å². The molecule has 64 heavy (non-hydrogen) atoms. The molecular weight excluding hydrogens is 787 g/mol. The monoisotopic (exact) mass is 843 g/mol. The average Bonchev–Trinajstić information content (AvgIpc) is 3.21. The van der Waals surface area contributed by atoms with Crippen LogP contribution in [0.15, 0.2) is 119 Å². The lowest BCUT2D eigenvalue weighted by Gasteiger charge is -2.28. The van der Waals surface area contributed by atoms with Crippen molar-refractivity contribution in [3.63, 3.8) is 0 Å². The Balaban J connectivity index is 1.37. The minimum atomic E-state index is -0.245. The molecule has 0 aliphatic rings. The number of pyridine rings is 2. The fraction of sp³-hybridized carbons (Fsp3) is 0.288. The fourth-order valence-electron chi connectivity index (χ4n) is 9.96. The topological polar surface area (TPSA) is 57.0 Å². The van der Waals surface area contributed by atoms with Gasteiger partial charge in [-0.3, -0.25) is 14.0 Å². The van der Waals surface area contributed by atoms with Gasteiger partial charge in [0.2, 0.25) is 0 Å². The summed E-state index contributed by atoms with van der Waals surface area (Å²) in [4.78, 5) is 29.3. The van der Waals surface area contributed by atoms with Crippen LogP contribution in [0.5, 0.6) is 23.0 Å². The second-order valence-electron chi connectivity index (χ2n) is 22.2. The van der Waals surface area contributed by atoms with Gasteiger partial charge in [-0.2, -0.15) is 0 Å². The lowest BCUT2D eigenvalue weighted by molar-refractivity contribution is 0.457. The molecule has 10 aromatic rings. The third-order valence-corrected chi connectivity index (χ3v) is 13.4. The summed E-state index contributed by atoms with van der Waals surface area (Å²) in [6, 6.07) is 37.4. The molecule has 0 saturated carbocycles. The smallest absolute Gasteiger partial charge is 0.263 e. The van der Waals surface area contributed by atoms with Crippen LogP contribution in [0.25, 0.3) is 70.3 Å². The van der Waals surface area contributed by atoms with Crippen molar-refractivity contribution in [3.05, 3.63) is 158 Å². The van der Waals surface area contributed by atoms with Crippen molar-refractivity contribution in [1.82, 2.24) is 4.40 Å². The Kier molecular flexibility index (Phi) is 8.94. The third kappa shape index (κ3) is 6.41. The molecule has 0 atom stereocenters. The van der Waals surface area contributed by atoms with Gasteiger partial charge in [0, 0.05) is 54.9 Å². The largest absolute Gasteiger partial charge is 0.456 e. The summed E-state index contributed by atoms with van der Waals surface area (Å²) in [5, 5.41) is 9.52. The number of ether oxygens (including phenoxy) is 2. The molecule has 0 aliphatic heterocycles. The number of hydrogen-bond donors (Lipinski definition) is 0. The SMILES string of the molecule is Cc1ccc2c(c1)c(=O)cc1c3ccc4c5c(Oc6ccc(C(C)(C)C)cc6C(C)(C)C)ccc6cccc(c7c(Oc8ccc(C(C)(C)C)cc8C(C)(C)C)cc(c(=O)n21)c3c47)c65. The zero-order valence-corrected chi connectivity index (χ0v) is 39.5. The lowest BCUT2D eigenvalue weighted by atomic mass is 9.80. The van der Waals surface area contributed by atoms with E-state index < -0.39 is 0 Å². The van der Waals surface area contributed by atoms with E-state index in [4.69, 9.17) is 9.47 Å². The van der Waals surface area contributed by atoms with Crippen LogP contribution in [0.3, 0.4) is 0 Å². The van der Waals surface area contributed by atoms with Crippen molar-refractivity contribution in [2.45, 2.75) is 112 Å². The Morgan fingerprint density at radius 3 is 1.58 bits per heavy atom. The van der Waals surface area contributed by atoms with Crippen LogP contribution in [0, 0.1) is 6.92 Å². The van der Waals surface area contributed by atoms with E-state index in [1.165, 1.54) is 11.1 Å². The van der Waals surface area contributed by atoms with Crippen LogP contribution in [0.4, 0.5) is 0 Å². The second kappa shape index (κ2) is 13.8. The highest BCUT2D eigenvalue weighted by atomic mass is 16.5. The van der Waals surface area contributed by atoms with Gasteiger partial charge in [-0.15, -0.1) is 0 Å². The fourth-order valence-corrected chi connectivity index (χ4v) is 9.96. The van der Waals surface area contributed by atoms with E-state index in [0.29, 0.717) is 27.6 Å². The van der Waals surface area contributed by atoms with Gasteiger partial charge in [0.15, 0.2) is 5.43 Å². The van der Waals surface area contributed by atoms with E-state index in [2.05, 4.69) is 162 Å². The van der Waals surface area contributed by atoms with Crippen molar-refractivity contribution in [1.29, 1.82) is 0 Å². The van der Waals surface area contributed by atoms with Crippen LogP contribution < -0.4 is 20.5 Å². The highest BCUT2D eigenvalue weighted by molar-refractivity contribution is 6.39. The summed E-state index contributed by atoms with van der Waals surface area (Å²) in [6.45, 7) is 28.7. The maximum absolute atomic E-state index is 15.4. The predicted octanol–water partition coefficient (Wildman–Crippen LogP) is 15.5. The Morgan fingerprint density at radius 2 is 0.969 bits per heavy atom. The Hall–Kier alpha value is -6.46. The van der Waals surface area contributed by atoms with Crippen LogP contribution in [0.1, 0.15) is 111 Å². The van der Waals surface area contributed by atoms with Crippen molar-refractivity contribution >= 4 is 70.3 Å². The van der Waals surface area contributed by atoms with E-state index in [-0.39, 0.29) is 32.6 Å². The molecule has 5 nitrogen and oxygen atoms in total. The molecule has 8 aromatic carbocycles. The second-order valence-corrected chi connectivity index (χ2v) is 22.2. The molecular formula is C59H57NO4. The standard InChI is InChI=1S/C59H57NO4/c1-32-17-23-43-39(27-32)45(61)31-44-36-21-22-38-52-48(63-46-25-19-34(56(2,3)4)28-41(46)58(8,9)10)24-18-33-15-14-16-37(50(33)52)53-49(30-40(51(36)54(38)53)55(62)60(43)44)64-47-26-20-35(57(5,6)7)29-42(47)59(11,12)13/h14-31H,1-13H3. The Morgan fingerprint density at radius 1 is 0.406 bits per heavy atom. The van der Waals surface area contributed by atoms with Crippen LogP contribution in [-0.2, 0) is 21.7 Å². The number of fused-ring (bicyclic) bond motifs is 6. The normalized spacial score (nSPS) is 13.2. The molecule has 0 aliphatic carbocycles. The van der Waals surface area contributed by atoms with Gasteiger partial charge in [0.05, 0.1) is 16.4 Å². The van der Waals surface area contributed by atoms with Gasteiger partial charge in [-0.25, -0.2) is 0 Å². The van der Waals surface area contributed by atoms with E-state index in [0.717, 1.165) is 82.4 Å². The highest BCUT2D eigenvalue weighted by Crippen LogP contribution is 2.52. The quantitative estimate of drug-likeness (QED) is 0.131. The summed E-state index contributed by atoms with van der Waals surface area (Å²) in [5.74, 6) is 2.89. The number of aryl methyl sites for hydroxylation is 1. The molecule has 0 N–H and O–H groups in total. The molecule has 2 heterocycles. The first kappa shape index (κ1) is 41.5. The molecule has 0 saturated heterocycles. The molecule has 0 spiro atoms. The molecule has 0 fully saturated rings. The lowest BCUT2D eigenvalue weighted by Crippen LogP contribution is -2.19. The minimum absolute atomic E-state index is 0.0311. The van der Waals surface area contributed by atoms with Crippen molar-refractivity contribution in [2.24, 2.45) is 0 Å². The predicted molar refractivity (Wildman–Crippen MR) is 270 cm³/mol. The van der Waals surface area contributed by atoms with E-state index in [1.54, 1.807) is 10.5 Å². The number of nitrogens with zero attached hydrogens (tertiary/aromatic N) is 1. The maximum Gasteiger partial charge on any atom is 0.263 e. The van der Waals surface area contributed by atoms with E-state index in [9.17, 15) is 4.79 Å². The van der Waals surface area contributed by atoms with Gasteiger partial charge in [0.1, 0.15) is 23.0 Å². The summed E-state index contributed by atoms with van der Waals surface area (Å²) < 4.78 is 16.2. The summed E-state index contributed by atoms with van der Waals surface area (Å²) in [7, 11) is 0. The van der Waals surface area contributed by atoms with Crippen molar-refractivity contribution < 1.29 is 9.47 Å². The summed E-state index contributed by atoms with van der Waals surface area (Å²) in [5.41, 5.74) is 5.98. The van der Waals surface area contributed by atoms with Crippen LogP contribution in [0.2, 0.25) is 0 Å². The first-order chi connectivity index (χ1) is 30.0. The molecule has 10 rings (SSSR count). The zero-order valence-electron chi connectivity index (χ0n) is 39.5. The van der Waals surface area contributed by atoms with Gasteiger partial charge >= 0.3 is 0 Å². The first-order valence-corrected chi connectivity index (χ1v) is 22.6. The number of aromatic nitrogens is 1. The molecule has 0 unspecified atom stereocenters. The number of hydrogen-bond acceptors (Lipinski definition) is 4. The van der Waals surface area contributed by atoms with E-state index in [1.807, 2.05) is 31.2 Å². The number of rotatable bonds is 4. The summed E-state index contributed by atoms with van der Waals surface area (Å²) in [6.07, 6.45) is 0. The highest BCUT2D eigenvalue weighted by Gasteiger charge is 2.29. The molecule has 0 radical (unpaired) electrons. The zero-order chi connectivity index (χ0) is 45.6. The molecule has 5 heteroatoms. The van der Waals surface area contributed by atoms with Gasteiger partial charge < -0.3 is 9.47 Å². The van der Waals surface area contributed by atoms with Gasteiger partial charge in [-0.05, 0) is 92.3 Å². The minimum Gasteiger partial charge on any atom is -0.456 e. The number of benzene rings is 8. The first-order valence-electron chi connectivity index (χ1n) is 22.6. The molecule has 0 amide bonds. The van der Waals surface area contributed by atoms with Crippen molar-refractivity contribution in [2.75, 3.05) is 0 Å². The van der Waals surface area contributed by atoms with Crippen molar-refractivity contribution in [3.8, 4) is 23.0 Å². The maximum atomic E-state index is 15.4. The molecule has 322 valence electrons. The Labute approximate surface area is 374 Å². The van der Waals surface area contributed by atoms with Gasteiger partial charge in [-0.1, -0.05) is 155 Å². The van der Waals surface area contributed by atoms with Crippen LogP contribution in [-0.4, -0.2) is 4.40 Å². The third-order valence-electron chi connectivity index (χ3n) is 13.4. The average molecular weight is 844 g/mol.